The Balaban J connectivity index is 2.08. The minimum absolute atomic E-state index is 0.314. The Morgan fingerprint density at radius 3 is 2.42 bits per heavy atom. The van der Waals surface area contributed by atoms with E-state index in [9.17, 15) is 13.2 Å². The molecule has 33 heavy (non-hydrogen) atoms. The average molecular weight is 474 g/mol. The molecular weight excluding hydrogens is 442 g/mol. The van der Waals surface area contributed by atoms with Crippen molar-refractivity contribution in [1.29, 1.82) is 0 Å². The van der Waals surface area contributed by atoms with E-state index in [2.05, 4.69) is 17.1 Å². The Bertz CT molecular complexity index is 1080. The molecule has 0 aliphatic rings. The van der Waals surface area contributed by atoms with Crippen molar-refractivity contribution >= 4 is 27.8 Å². The fourth-order valence-corrected chi connectivity index (χ4v) is 3.77. The van der Waals surface area contributed by atoms with E-state index in [-0.39, 0.29) is 0 Å². The van der Waals surface area contributed by atoms with E-state index < -0.39 is 22.5 Å². The first-order valence-electron chi connectivity index (χ1n) is 10.6. The lowest BCUT2D eigenvalue weighted by Gasteiger charge is -2.21. The number of rotatable bonds is 12. The van der Waals surface area contributed by atoms with Gasteiger partial charge < -0.3 is 9.47 Å². The van der Waals surface area contributed by atoms with E-state index in [1.165, 1.54) is 6.21 Å². The van der Waals surface area contributed by atoms with E-state index in [4.69, 9.17) is 9.47 Å². The highest BCUT2D eigenvalue weighted by Crippen LogP contribution is 2.28. The second-order valence-corrected chi connectivity index (χ2v) is 9.45. The van der Waals surface area contributed by atoms with Crippen molar-refractivity contribution < 1.29 is 22.7 Å². The molecule has 1 N–H and O–H groups in total. The average Bonchev–Trinajstić information content (AvgIpc) is 2.76. The number of carbonyl (C=O) groups is 1. The summed E-state index contributed by atoms with van der Waals surface area (Å²) in [5.74, 6) is 0.864. The first kappa shape index (κ1) is 25.9. The molecule has 2 aromatic carbocycles. The maximum Gasteiger partial charge on any atom is 0.260 e. The molecule has 0 unspecified atom stereocenters. The van der Waals surface area contributed by atoms with Gasteiger partial charge in [0.05, 0.1) is 24.8 Å². The van der Waals surface area contributed by atoms with Gasteiger partial charge in [0, 0.05) is 0 Å². The summed E-state index contributed by atoms with van der Waals surface area (Å²) in [5, 5.41) is 3.94. The topological polar surface area (TPSA) is 97.3 Å². The van der Waals surface area contributed by atoms with Gasteiger partial charge in [-0.2, -0.15) is 5.10 Å². The molecule has 0 saturated heterocycles. The van der Waals surface area contributed by atoms with Gasteiger partial charge in [0.15, 0.2) is 11.5 Å². The van der Waals surface area contributed by atoms with Gasteiger partial charge in [-0.3, -0.25) is 9.10 Å². The molecule has 178 valence electrons. The summed E-state index contributed by atoms with van der Waals surface area (Å²) in [7, 11) is -3.66. The quantitative estimate of drug-likeness (QED) is 0.288. The Kier molecular flexibility index (Phi) is 9.47. The van der Waals surface area contributed by atoms with Crippen molar-refractivity contribution in [2.75, 3.05) is 30.3 Å². The van der Waals surface area contributed by atoms with Gasteiger partial charge in [-0.15, -0.1) is 0 Å². The molecule has 8 nitrogen and oxygen atoms in total. The third-order valence-electron chi connectivity index (χ3n) is 4.56. The Morgan fingerprint density at radius 2 is 1.85 bits per heavy atom. The lowest BCUT2D eigenvalue weighted by Crippen LogP contribution is -2.39. The number of hydrazone groups is 1. The molecule has 0 atom stereocenters. The number of ether oxygens (including phenoxy) is 2. The molecule has 0 aliphatic heterocycles. The van der Waals surface area contributed by atoms with Crippen LogP contribution in [0.2, 0.25) is 0 Å². The molecule has 9 heteroatoms. The number of amides is 1. The molecule has 2 aromatic rings. The molecule has 0 spiro atoms. The van der Waals surface area contributed by atoms with E-state index in [0.717, 1.165) is 16.1 Å². The van der Waals surface area contributed by atoms with Gasteiger partial charge >= 0.3 is 0 Å². The number of nitrogens with one attached hydrogen (secondary N) is 1. The zero-order chi connectivity index (χ0) is 24.4. The second kappa shape index (κ2) is 12.1. The molecular formula is C24H31N3O5S. The van der Waals surface area contributed by atoms with Crippen molar-refractivity contribution in [3.05, 3.63) is 66.2 Å². The Morgan fingerprint density at radius 1 is 1.15 bits per heavy atom. The molecule has 0 aromatic heterocycles. The lowest BCUT2D eigenvalue weighted by atomic mass is 10.0. The smallest absolute Gasteiger partial charge is 0.260 e. The molecule has 0 radical (unpaired) electrons. The molecule has 0 aliphatic carbocycles. The number of hydrogen-bond acceptors (Lipinski definition) is 6. The minimum atomic E-state index is -3.66. The molecule has 1 amide bonds. The molecule has 0 heterocycles. The van der Waals surface area contributed by atoms with Crippen molar-refractivity contribution in [2.24, 2.45) is 5.10 Å². The highest BCUT2D eigenvalue weighted by atomic mass is 32.2. The maximum absolute atomic E-state index is 12.4. The van der Waals surface area contributed by atoms with Crippen LogP contribution in [-0.4, -0.2) is 46.6 Å². The first-order chi connectivity index (χ1) is 15.7. The fraction of sp³-hybridized carbons (Fsp3) is 0.333. The summed E-state index contributed by atoms with van der Waals surface area (Å²) in [4.78, 5) is 12.4. The number of anilines is 1. The zero-order valence-corrected chi connectivity index (χ0v) is 20.3. The van der Waals surface area contributed by atoms with Crippen molar-refractivity contribution in [1.82, 2.24) is 5.43 Å². The van der Waals surface area contributed by atoms with Gasteiger partial charge in [0.1, 0.15) is 13.2 Å². The van der Waals surface area contributed by atoms with E-state index in [0.29, 0.717) is 41.9 Å². The third-order valence-corrected chi connectivity index (χ3v) is 5.70. The van der Waals surface area contributed by atoms with Crippen LogP contribution in [0.25, 0.3) is 0 Å². The van der Waals surface area contributed by atoms with Crippen molar-refractivity contribution in [3.8, 4) is 11.5 Å². The van der Waals surface area contributed by atoms with Crippen LogP contribution in [0, 0.1) is 0 Å². The lowest BCUT2D eigenvalue weighted by molar-refractivity contribution is -0.119. The molecule has 0 bridgehead atoms. The largest absolute Gasteiger partial charge is 0.490 e. The fourth-order valence-electron chi connectivity index (χ4n) is 2.91. The summed E-state index contributed by atoms with van der Waals surface area (Å²) < 4.78 is 36.7. The summed E-state index contributed by atoms with van der Waals surface area (Å²) >= 11 is 0. The van der Waals surface area contributed by atoms with Gasteiger partial charge in [-0.1, -0.05) is 38.6 Å². The van der Waals surface area contributed by atoms with Crippen LogP contribution in [0.15, 0.2) is 60.2 Å². The van der Waals surface area contributed by atoms with Crippen LogP contribution in [0.5, 0.6) is 11.5 Å². The summed E-state index contributed by atoms with van der Waals surface area (Å²) in [6.45, 7) is 10.00. The SMILES string of the molecule is C=CCOc1ccc(/C=N\NC(=O)CN(c2ccc(C(C)C)cc2)S(C)(=O)=O)cc1OCC. The standard InChI is InChI=1S/C24H31N3O5S/c1-6-14-32-22-13-8-19(15-23(22)31-7-2)16-25-26-24(28)17-27(33(5,29)30)21-11-9-20(10-12-21)18(3)4/h6,8-13,15-16,18H,1,7,14,17H2,2-5H3,(H,26,28)/b25-16-. The van der Waals surface area contributed by atoms with E-state index >= 15 is 0 Å². The summed E-state index contributed by atoms with van der Waals surface area (Å²) in [5.41, 5.74) is 4.54. The first-order valence-corrected chi connectivity index (χ1v) is 12.4. The van der Waals surface area contributed by atoms with Crippen LogP contribution in [0.4, 0.5) is 5.69 Å². The van der Waals surface area contributed by atoms with Crippen LogP contribution >= 0.6 is 0 Å². The highest BCUT2D eigenvalue weighted by Gasteiger charge is 2.20. The zero-order valence-electron chi connectivity index (χ0n) is 19.4. The monoisotopic (exact) mass is 473 g/mol. The molecule has 0 fully saturated rings. The number of hydrogen-bond donors (Lipinski definition) is 1. The number of nitrogens with zero attached hydrogens (tertiary/aromatic N) is 2. The second-order valence-electron chi connectivity index (χ2n) is 7.55. The highest BCUT2D eigenvalue weighted by molar-refractivity contribution is 7.92. The maximum atomic E-state index is 12.4. The predicted octanol–water partition coefficient (Wildman–Crippen LogP) is 3.69. The Labute approximate surface area is 196 Å². The van der Waals surface area contributed by atoms with Gasteiger partial charge in [0.2, 0.25) is 10.0 Å². The van der Waals surface area contributed by atoms with Crippen LogP contribution in [0.3, 0.4) is 0 Å². The summed E-state index contributed by atoms with van der Waals surface area (Å²) in [6.07, 6.45) is 4.14. The van der Waals surface area contributed by atoms with Crippen LogP contribution < -0.4 is 19.2 Å². The third kappa shape index (κ3) is 7.94. The van der Waals surface area contributed by atoms with E-state index in [1.807, 2.05) is 32.9 Å². The number of benzene rings is 2. The van der Waals surface area contributed by atoms with Gasteiger partial charge in [-0.25, -0.2) is 13.8 Å². The van der Waals surface area contributed by atoms with E-state index in [1.54, 1.807) is 36.4 Å². The van der Waals surface area contributed by atoms with Crippen molar-refractivity contribution in [2.45, 2.75) is 26.7 Å². The van der Waals surface area contributed by atoms with Gasteiger partial charge in [-0.05, 0) is 54.3 Å². The Hall–Kier alpha value is -3.33. The predicted molar refractivity (Wildman–Crippen MR) is 132 cm³/mol. The van der Waals surface area contributed by atoms with Crippen LogP contribution in [0.1, 0.15) is 37.8 Å². The number of carbonyl (C=O) groups excluding carboxylic acids is 1. The molecule has 2 rings (SSSR count). The van der Waals surface area contributed by atoms with Gasteiger partial charge in [0.25, 0.3) is 5.91 Å². The van der Waals surface area contributed by atoms with Crippen LogP contribution in [-0.2, 0) is 14.8 Å². The summed E-state index contributed by atoms with van der Waals surface area (Å²) in [6, 6.07) is 12.3. The minimum Gasteiger partial charge on any atom is -0.490 e. The molecule has 0 saturated carbocycles. The van der Waals surface area contributed by atoms with Crippen molar-refractivity contribution in [3.63, 3.8) is 0 Å². The normalized spacial score (nSPS) is 11.4. The number of sulfonamides is 1.